The zero-order chi connectivity index (χ0) is 15.5. The Morgan fingerprint density at radius 1 is 1.09 bits per heavy atom. The number of halogens is 1. The van der Waals surface area contributed by atoms with Gasteiger partial charge < -0.3 is 0 Å². The van der Waals surface area contributed by atoms with Gasteiger partial charge in [0.05, 0.1) is 5.02 Å². The Morgan fingerprint density at radius 3 is 2.73 bits per heavy atom. The Kier molecular flexibility index (Phi) is 4.32. The lowest BCUT2D eigenvalue weighted by Crippen LogP contribution is -2.07. The molecule has 3 nitrogen and oxygen atoms in total. The normalized spacial score (nSPS) is 10.8. The first-order chi connectivity index (χ1) is 10.6. The summed E-state index contributed by atoms with van der Waals surface area (Å²) in [5, 5.41) is 3.36. The number of benzene rings is 1. The van der Waals surface area contributed by atoms with Gasteiger partial charge in [0.25, 0.3) is 0 Å². The van der Waals surface area contributed by atoms with Crippen LogP contribution in [0.2, 0.25) is 5.02 Å². The highest BCUT2D eigenvalue weighted by Gasteiger charge is 2.14. The van der Waals surface area contributed by atoms with Crippen molar-refractivity contribution in [3.63, 3.8) is 0 Å². The number of nitrogens with zero attached hydrogens (tertiary/aromatic N) is 1. The van der Waals surface area contributed by atoms with E-state index >= 15 is 0 Å². The van der Waals surface area contributed by atoms with E-state index in [1.807, 2.05) is 23.6 Å². The molecule has 0 fully saturated rings. The summed E-state index contributed by atoms with van der Waals surface area (Å²) >= 11 is 7.57. The predicted octanol–water partition coefficient (Wildman–Crippen LogP) is 4.80. The maximum Gasteiger partial charge on any atom is 0.183 e. The predicted molar refractivity (Wildman–Crippen MR) is 89.0 cm³/mol. The first-order valence-electron chi connectivity index (χ1n) is 6.79. The molecule has 1 aromatic carbocycles. The molecule has 0 bridgehead atoms. The van der Waals surface area contributed by atoms with Gasteiger partial charge in [-0.25, -0.2) is 0 Å². The zero-order valence-corrected chi connectivity index (χ0v) is 13.2. The molecule has 0 aliphatic heterocycles. The molecule has 2 heterocycles. The van der Waals surface area contributed by atoms with E-state index in [1.54, 1.807) is 29.5 Å². The number of carbonyl (C=O) groups is 2. The van der Waals surface area contributed by atoms with Crippen LogP contribution in [0.1, 0.15) is 33.7 Å². The lowest BCUT2D eigenvalue weighted by atomic mass is 10.0. The summed E-state index contributed by atoms with van der Waals surface area (Å²) in [5.74, 6) is -0.260. The van der Waals surface area contributed by atoms with E-state index in [1.165, 1.54) is 6.20 Å². The number of ketones is 2. The lowest BCUT2D eigenvalue weighted by molar-refractivity contribution is 0.0915. The minimum Gasteiger partial charge on any atom is -0.294 e. The van der Waals surface area contributed by atoms with E-state index in [2.05, 4.69) is 4.98 Å². The third-order valence-electron chi connectivity index (χ3n) is 3.38. The molecule has 0 aliphatic carbocycles. The van der Waals surface area contributed by atoms with Crippen molar-refractivity contribution in [3.05, 3.63) is 64.3 Å². The molecule has 0 N–H and O–H groups in total. The summed E-state index contributed by atoms with van der Waals surface area (Å²) < 4.78 is 1.15. The van der Waals surface area contributed by atoms with Crippen molar-refractivity contribution in [1.82, 2.24) is 4.98 Å². The number of hydrogen-bond donors (Lipinski definition) is 0. The summed E-state index contributed by atoms with van der Waals surface area (Å²) in [6, 6.07) is 10.9. The first kappa shape index (κ1) is 14.9. The van der Waals surface area contributed by atoms with Crippen LogP contribution in [0.25, 0.3) is 10.1 Å². The lowest BCUT2D eigenvalue weighted by Gasteiger charge is -2.03. The molecule has 0 spiro atoms. The molecule has 3 rings (SSSR count). The SMILES string of the molecule is O=C(CCC(=O)c1ncccc1Cl)c1ccc2sccc2c1. The summed E-state index contributed by atoms with van der Waals surface area (Å²) in [6.45, 7) is 0. The van der Waals surface area contributed by atoms with Gasteiger partial charge in [-0.15, -0.1) is 11.3 Å². The van der Waals surface area contributed by atoms with E-state index in [0.29, 0.717) is 10.6 Å². The number of aromatic nitrogens is 1. The maximum atomic E-state index is 12.2. The van der Waals surface area contributed by atoms with E-state index in [4.69, 9.17) is 11.6 Å². The molecule has 0 unspecified atom stereocenters. The second-order valence-electron chi connectivity index (χ2n) is 4.85. The highest BCUT2D eigenvalue weighted by Crippen LogP contribution is 2.23. The van der Waals surface area contributed by atoms with Crippen LogP contribution in [0.15, 0.2) is 48.0 Å². The zero-order valence-electron chi connectivity index (χ0n) is 11.6. The quantitative estimate of drug-likeness (QED) is 0.632. The standard InChI is InChI=1S/C17H12ClNO2S/c18-13-2-1-8-19-17(13)15(21)5-4-14(20)11-3-6-16-12(10-11)7-9-22-16/h1-3,6-10H,4-5H2. The van der Waals surface area contributed by atoms with Gasteiger partial charge in [-0.05, 0) is 47.2 Å². The van der Waals surface area contributed by atoms with Crippen LogP contribution in [-0.2, 0) is 0 Å². The fourth-order valence-corrected chi connectivity index (χ4v) is 3.22. The Bertz CT molecular complexity index is 856. The Hall–Kier alpha value is -2.04. The molecule has 110 valence electrons. The van der Waals surface area contributed by atoms with Crippen molar-refractivity contribution in [2.24, 2.45) is 0 Å². The van der Waals surface area contributed by atoms with Crippen molar-refractivity contribution >= 4 is 44.6 Å². The Labute approximate surface area is 136 Å². The number of rotatable bonds is 5. The molecule has 0 atom stereocenters. The van der Waals surface area contributed by atoms with Crippen LogP contribution >= 0.6 is 22.9 Å². The summed E-state index contributed by atoms with van der Waals surface area (Å²) in [7, 11) is 0. The Balaban J connectivity index is 1.69. The second kappa shape index (κ2) is 6.38. The molecule has 0 radical (unpaired) electrons. The smallest absolute Gasteiger partial charge is 0.183 e. The second-order valence-corrected chi connectivity index (χ2v) is 6.21. The third-order valence-corrected chi connectivity index (χ3v) is 4.58. The van der Waals surface area contributed by atoms with Crippen LogP contribution in [0.5, 0.6) is 0 Å². The summed E-state index contributed by atoms with van der Waals surface area (Å²) in [6.07, 6.45) is 1.78. The van der Waals surface area contributed by atoms with Crippen molar-refractivity contribution in [1.29, 1.82) is 0 Å². The van der Waals surface area contributed by atoms with Crippen molar-refractivity contribution in [3.8, 4) is 0 Å². The molecule has 0 aliphatic rings. The number of fused-ring (bicyclic) bond motifs is 1. The van der Waals surface area contributed by atoms with Gasteiger partial charge in [0, 0.05) is 29.3 Å². The van der Waals surface area contributed by atoms with Crippen LogP contribution in [-0.4, -0.2) is 16.6 Å². The van der Waals surface area contributed by atoms with Gasteiger partial charge in [-0.3, -0.25) is 14.6 Å². The van der Waals surface area contributed by atoms with E-state index < -0.39 is 0 Å². The highest BCUT2D eigenvalue weighted by atomic mass is 35.5. The van der Waals surface area contributed by atoms with Gasteiger partial charge in [0.2, 0.25) is 0 Å². The average molecular weight is 330 g/mol. The highest BCUT2D eigenvalue weighted by molar-refractivity contribution is 7.17. The summed E-state index contributed by atoms with van der Waals surface area (Å²) in [4.78, 5) is 28.3. The van der Waals surface area contributed by atoms with Crippen LogP contribution in [0.4, 0.5) is 0 Å². The fourth-order valence-electron chi connectivity index (χ4n) is 2.22. The third kappa shape index (κ3) is 3.08. The Morgan fingerprint density at radius 2 is 1.91 bits per heavy atom. The van der Waals surface area contributed by atoms with Crippen molar-refractivity contribution in [2.75, 3.05) is 0 Å². The number of thiophene rings is 1. The van der Waals surface area contributed by atoms with Gasteiger partial charge in [-0.1, -0.05) is 11.6 Å². The average Bonchev–Trinajstić information content (AvgIpc) is 3.00. The van der Waals surface area contributed by atoms with Gasteiger partial charge in [0.15, 0.2) is 11.6 Å². The molecule has 2 aromatic heterocycles. The van der Waals surface area contributed by atoms with Crippen LogP contribution in [0.3, 0.4) is 0 Å². The molecular formula is C17H12ClNO2S. The topological polar surface area (TPSA) is 47.0 Å². The van der Waals surface area contributed by atoms with Crippen molar-refractivity contribution < 1.29 is 9.59 Å². The van der Waals surface area contributed by atoms with E-state index in [9.17, 15) is 9.59 Å². The molecule has 5 heteroatoms. The molecule has 0 saturated carbocycles. The van der Waals surface area contributed by atoms with Gasteiger partial charge in [0.1, 0.15) is 5.69 Å². The van der Waals surface area contributed by atoms with Gasteiger partial charge >= 0.3 is 0 Å². The van der Waals surface area contributed by atoms with Crippen LogP contribution in [0, 0.1) is 0 Å². The van der Waals surface area contributed by atoms with E-state index in [0.717, 1.165) is 10.1 Å². The number of carbonyl (C=O) groups excluding carboxylic acids is 2. The molecule has 0 amide bonds. The van der Waals surface area contributed by atoms with Gasteiger partial charge in [-0.2, -0.15) is 0 Å². The number of pyridine rings is 1. The minimum atomic E-state index is -0.212. The molecule has 3 aromatic rings. The maximum absolute atomic E-state index is 12.2. The number of hydrogen-bond acceptors (Lipinski definition) is 4. The number of Topliss-reactive ketones (excluding diaryl/α,β-unsaturated/α-hetero) is 2. The first-order valence-corrected chi connectivity index (χ1v) is 8.05. The molecular weight excluding hydrogens is 318 g/mol. The molecule has 0 saturated heterocycles. The molecule has 22 heavy (non-hydrogen) atoms. The largest absolute Gasteiger partial charge is 0.294 e. The van der Waals surface area contributed by atoms with Crippen molar-refractivity contribution in [2.45, 2.75) is 12.8 Å². The minimum absolute atomic E-state index is 0.0477. The summed E-state index contributed by atoms with van der Waals surface area (Å²) in [5.41, 5.74) is 0.857. The van der Waals surface area contributed by atoms with E-state index in [-0.39, 0.29) is 30.1 Å². The van der Waals surface area contributed by atoms with Crippen LogP contribution < -0.4 is 0 Å². The monoisotopic (exact) mass is 329 g/mol. The fraction of sp³-hybridized carbons (Fsp3) is 0.118.